The van der Waals surface area contributed by atoms with E-state index in [9.17, 15) is 9.18 Å². The van der Waals surface area contributed by atoms with Gasteiger partial charge in [0, 0.05) is 44.4 Å². The Kier molecular flexibility index (Phi) is 7.30. The minimum atomic E-state index is -0.278. The van der Waals surface area contributed by atoms with E-state index in [0.29, 0.717) is 36.9 Å². The first-order chi connectivity index (χ1) is 14.5. The lowest BCUT2D eigenvalue weighted by Crippen LogP contribution is -2.47. The normalized spacial score (nSPS) is 14.7. The highest BCUT2D eigenvalue weighted by Gasteiger charge is 2.20. The van der Waals surface area contributed by atoms with Gasteiger partial charge in [0.1, 0.15) is 11.6 Å². The van der Waals surface area contributed by atoms with E-state index in [4.69, 9.17) is 14.2 Å². The molecular weight excluding hydrogens is 387 g/mol. The highest BCUT2D eigenvalue weighted by molar-refractivity contribution is 5.92. The highest BCUT2D eigenvalue weighted by Crippen LogP contribution is 2.28. The third-order valence-electron chi connectivity index (χ3n) is 5.15. The van der Waals surface area contributed by atoms with Crippen molar-refractivity contribution in [3.8, 4) is 17.2 Å². The number of rotatable bonds is 7. The second-order valence-corrected chi connectivity index (χ2v) is 7.01. The summed E-state index contributed by atoms with van der Waals surface area (Å²) >= 11 is 0. The molecule has 0 aliphatic carbocycles. The molecule has 0 N–H and O–H groups in total. The third-order valence-corrected chi connectivity index (χ3v) is 5.15. The van der Waals surface area contributed by atoms with Crippen molar-refractivity contribution in [2.45, 2.75) is 6.54 Å². The maximum absolute atomic E-state index is 13.6. The summed E-state index contributed by atoms with van der Waals surface area (Å²) in [6.45, 7) is 3.26. The molecule has 6 nitrogen and oxygen atoms in total. The zero-order valence-electron chi connectivity index (χ0n) is 17.6. The topological polar surface area (TPSA) is 51.2 Å². The van der Waals surface area contributed by atoms with Crippen molar-refractivity contribution >= 4 is 12.0 Å². The standard InChI is InChI=1S/C23H27FN2O4/c1-28-20-8-6-19(24)15-18(20)16-25-10-12-26(13-11-25)23(27)9-5-17-4-7-21(29-2)22(14-17)30-3/h4-9,14-15H,10-13,16H2,1-3H3/b9-5+. The summed E-state index contributed by atoms with van der Waals surface area (Å²) in [5.41, 5.74) is 1.67. The van der Waals surface area contributed by atoms with E-state index >= 15 is 0 Å². The molecule has 2 aromatic rings. The van der Waals surface area contributed by atoms with Crippen LogP contribution in [0.25, 0.3) is 6.08 Å². The SMILES string of the molecule is COc1ccc(F)cc1CN1CCN(C(=O)/C=C/c2ccc(OC)c(OC)c2)CC1. The van der Waals surface area contributed by atoms with Crippen molar-refractivity contribution in [3.05, 3.63) is 59.4 Å². The van der Waals surface area contributed by atoms with Crippen LogP contribution in [0.1, 0.15) is 11.1 Å². The molecule has 1 heterocycles. The molecule has 0 aromatic heterocycles. The molecule has 0 atom stereocenters. The van der Waals surface area contributed by atoms with E-state index in [-0.39, 0.29) is 11.7 Å². The minimum absolute atomic E-state index is 0.0345. The summed E-state index contributed by atoms with van der Waals surface area (Å²) in [5, 5.41) is 0. The van der Waals surface area contributed by atoms with Crippen molar-refractivity contribution in [2.75, 3.05) is 47.5 Å². The Labute approximate surface area is 176 Å². The Morgan fingerprint density at radius 1 is 0.933 bits per heavy atom. The Balaban J connectivity index is 1.55. The summed E-state index contributed by atoms with van der Waals surface area (Å²) in [5.74, 6) is 1.63. The highest BCUT2D eigenvalue weighted by atomic mass is 19.1. The van der Waals surface area contributed by atoms with Crippen molar-refractivity contribution in [1.82, 2.24) is 9.80 Å². The van der Waals surface area contributed by atoms with Gasteiger partial charge in [-0.05, 0) is 42.0 Å². The smallest absolute Gasteiger partial charge is 0.246 e. The number of piperazine rings is 1. The lowest BCUT2D eigenvalue weighted by atomic mass is 10.1. The monoisotopic (exact) mass is 414 g/mol. The number of carbonyl (C=O) groups excluding carboxylic acids is 1. The molecular formula is C23H27FN2O4. The number of hydrogen-bond donors (Lipinski definition) is 0. The van der Waals surface area contributed by atoms with Gasteiger partial charge in [-0.3, -0.25) is 9.69 Å². The summed E-state index contributed by atoms with van der Waals surface area (Å²) in [4.78, 5) is 16.6. The van der Waals surface area contributed by atoms with Crippen molar-refractivity contribution in [3.63, 3.8) is 0 Å². The molecule has 1 fully saturated rings. The van der Waals surface area contributed by atoms with Crippen LogP contribution in [0.5, 0.6) is 17.2 Å². The van der Waals surface area contributed by atoms with Gasteiger partial charge in [0.25, 0.3) is 0 Å². The van der Waals surface area contributed by atoms with Gasteiger partial charge in [0.05, 0.1) is 21.3 Å². The molecule has 1 aliphatic heterocycles. The fourth-order valence-electron chi connectivity index (χ4n) is 3.47. The second kappa shape index (κ2) is 10.1. The van der Waals surface area contributed by atoms with Gasteiger partial charge in [0.15, 0.2) is 11.5 Å². The Bertz CT molecular complexity index is 908. The van der Waals surface area contributed by atoms with Gasteiger partial charge < -0.3 is 19.1 Å². The van der Waals surface area contributed by atoms with Crippen LogP contribution in [0.4, 0.5) is 4.39 Å². The maximum Gasteiger partial charge on any atom is 0.246 e. The van der Waals surface area contributed by atoms with Crippen LogP contribution >= 0.6 is 0 Å². The Morgan fingerprint density at radius 3 is 2.27 bits per heavy atom. The number of halogens is 1. The second-order valence-electron chi connectivity index (χ2n) is 7.01. The van der Waals surface area contributed by atoms with Crippen LogP contribution in [-0.2, 0) is 11.3 Å². The van der Waals surface area contributed by atoms with E-state index in [1.54, 1.807) is 39.5 Å². The van der Waals surface area contributed by atoms with Crippen LogP contribution in [0.15, 0.2) is 42.5 Å². The molecule has 1 amide bonds. The quantitative estimate of drug-likeness (QED) is 0.652. The lowest BCUT2D eigenvalue weighted by Gasteiger charge is -2.34. The number of amides is 1. The average molecular weight is 414 g/mol. The minimum Gasteiger partial charge on any atom is -0.496 e. The molecule has 0 bridgehead atoms. The van der Waals surface area contributed by atoms with Crippen LogP contribution < -0.4 is 14.2 Å². The lowest BCUT2D eigenvalue weighted by molar-refractivity contribution is -0.127. The molecule has 1 aliphatic rings. The van der Waals surface area contributed by atoms with E-state index in [0.717, 1.165) is 24.2 Å². The van der Waals surface area contributed by atoms with Crippen LogP contribution in [0.2, 0.25) is 0 Å². The number of nitrogens with zero attached hydrogens (tertiary/aromatic N) is 2. The predicted octanol–water partition coefficient (Wildman–Crippen LogP) is 3.21. The fraction of sp³-hybridized carbons (Fsp3) is 0.348. The fourth-order valence-corrected chi connectivity index (χ4v) is 3.47. The summed E-state index contributed by atoms with van der Waals surface area (Å²) < 4.78 is 29.4. The summed E-state index contributed by atoms with van der Waals surface area (Å²) in [7, 11) is 4.74. The summed E-state index contributed by atoms with van der Waals surface area (Å²) in [6, 6.07) is 10.0. The molecule has 1 saturated heterocycles. The Morgan fingerprint density at radius 2 is 1.60 bits per heavy atom. The van der Waals surface area contributed by atoms with E-state index < -0.39 is 0 Å². The molecule has 7 heteroatoms. The number of ether oxygens (including phenoxy) is 3. The van der Waals surface area contributed by atoms with Gasteiger partial charge in [-0.15, -0.1) is 0 Å². The largest absolute Gasteiger partial charge is 0.496 e. The van der Waals surface area contributed by atoms with Gasteiger partial charge in [-0.1, -0.05) is 6.07 Å². The zero-order chi connectivity index (χ0) is 21.5. The van der Waals surface area contributed by atoms with E-state index in [2.05, 4.69) is 4.90 Å². The number of benzene rings is 2. The molecule has 3 rings (SSSR count). The van der Waals surface area contributed by atoms with Crippen molar-refractivity contribution < 1.29 is 23.4 Å². The third kappa shape index (κ3) is 5.30. The van der Waals surface area contributed by atoms with E-state index in [1.165, 1.54) is 12.1 Å². The molecule has 0 unspecified atom stereocenters. The Hall–Kier alpha value is -3.06. The summed E-state index contributed by atoms with van der Waals surface area (Å²) in [6.07, 6.45) is 3.35. The van der Waals surface area contributed by atoms with Gasteiger partial charge in [-0.2, -0.15) is 0 Å². The molecule has 160 valence electrons. The zero-order valence-corrected chi connectivity index (χ0v) is 17.6. The first kappa shape index (κ1) is 21.6. The van der Waals surface area contributed by atoms with Crippen LogP contribution in [0.3, 0.4) is 0 Å². The predicted molar refractivity (Wildman–Crippen MR) is 113 cm³/mol. The number of carbonyl (C=O) groups is 1. The average Bonchev–Trinajstić information content (AvgIpc) is 2.78. The van der Waals surface area contributed by atoms with Crippen LogP contribution in [0, 0.1) is 5.82 Å². The number of hydrogen-bond acceptors (Lipinski definition) is 5. The molecule has 2 aromatic carbocycles. The first-order valence-electron chi connectivity index (χ1n) is 9.78. The number of methoxy groups -OCH3 is 3. The molecule has 0 spiro atoms. The van der Waals surface area contributed by atoms with Crippen molar-refractivity contribution in [1.29, 1.82) is 0 Å². The first-order valence-corrected chi connectivity index (χ1v) is 9.78. The molecule has 0 radical (unpaired) electrons. The van der Waals surface area contributed by atoms with Gasteiger partial charge >= 0.3 is 0 Å². The van der Waals surface area contributed by atoms with Gasteiger partial charge in [-0.25, -0.2) is 4.39 Å². The molecule has 0 saturated carbocycles. The van der Waals surface area contributed by atoms with Crippen LogP contribution in [-0.4, -0.2) is 63.2 Å². The van der Waals surface area contributed by atoms with E-state index in [1.807, 2.05) is 23.1 Å². The van der Waals surface area contributed by atoms with Gasteiger partial charge in [0.2, 0.25) is 5.91 Å². The maximum atomic E-state index is 13.6. The molecule has 30 heavy (non-hydrogen) atoms. The van der Waals surface area contributed by atoms with Crippen molar-refractivity contribution in [2.24, 2.45) is 0 Å².